The minimum atomic E-state index is -0.244. The molecule has 0 spiro atoms. The van der Waals surface area contributed by atoms with Gasteiger partial charge in [-0.05, 0) is 22.4 Å². The molecule has 0 aliphatic heterocycles. The summed E-state index contributed by atoms with van der Waals surface area (Å²) in [5.74, 6) is 4.67. The fraction of sp³-hybridized carbons (Fsp3) is 0.375. The van der Waals surface area contributed by atoms with E-state index in [0.29, 0.717) is 17.4 Å². The van der Waals surface area contributed by atoms with E-state index in [2.05, 4.69) is 20.9 Å². The number of hydrogen-bond acceptors (Lipinski definition) is 4. The SMILES string of the molecule is NNC(=O)CCCn1cncc(Br)c1=O. The van der Waals surface area contributed by atoms with Gasteiger partial charge in [0.1, 0.15) is 4.47 Å². The van der Waals surface area contributed by atoms with Crippen molar-refractivity contribution in [3.05, 3.63) is 27.4 Å². The smallest absolute Gasteiger partial charge is 0.267 e. The minimum Gasteiger partial charge on any atom is -0.298 e. The van der Waals surface area contributed by atoms with Gasteiger partial charge in [0.2, 0.25) is 5.91 Å². The summed E-state index contributed by atoms with van der Waals surface area (Å²) in [5.41, 5.74) is 1.87. The summed E-state index contributed by atoms with van der Waals surface area (Å²) in [7, 11) is 0. The van der Waals surface area contributed by atoms with Gasteiger partial charge in [-0.1, -0.05) is 0 Å². The number of nitrogens with two attached hydrogens (primary N) is 1. The number of halogens is 1. The highest BCUT2D eigenvalue weighted by atomic mass is 79.9. The molecule has 0 aromatic carbocycles. The molecule has 7 heteroatoms. The molecule has 0 aliphatic carbocycles. The first-order valence-electron chi connectivity index (χ1n) is 4.34. The zero-order valence-corrected chi connectivity index (χ0v) is 9.53. The topological polar surface area (TPSA) is 90.0 Å². The van der Waals surface area contributed by atoms with E-state index >= 15 is 0 Å². The van der Waals surface area contributed by atoms with Crippen molar-refractivity contribution in [2.45, 2.75) is 19.4 Å². The maximum absolute atomic E-state index is 11.5. The average Bonchev–Trinajstić information content (AvgIpc) is 2.24. The van der Waals surface area contributed by atoms with Crippen LogP contribution in [0.1, 0.15) is 12.8 Å². The van der Waals surface area contributed by atoms with Crippen molar-refractivity contribution in [2.24, 2.45) is 5.84 Å². The molecule has 0 fully saturated rings. The Bertz CT molecular complexity index is 404. The molecule has 1 amide bonds. The van der Waals surface area contributed by atoms with Crippen LogP contribution in [0.5, 0.6) is 0 Å². The maximum atomic E-state index is 11.5. The van der Waals surface area contributed by atoms with Gasteiger partial charge in [0.05, 0.1) is 6.33 Å². The molecule has 0 radical (unpaired) electrons. The predicted molar refractivity (Wildman–Crippen MR) is 57.8 cm³/mol. The van der Waals surface area contributed by atoms with Gasteiger partial charge in [-0.3, -0.25) is 19.6 Å². The molecule has 1 heterocycles. The second kappa shape index (κ2) is 5.62. The first kappa shape index (κ1) is 11.9. The molecule has 6 nitrogen and oxygen atoms in total. The minimum absolute atomic E-state index is 0.154. The fourth-order valence-corrected chi connectivity index (χ4v) is 1.41. The number of carbonyl (C=O) groups excluding carboxylic acids is 1. The number of aromatic nitrogens is 2. The van der Waals surface area contributed by atoms with E-state index in [9.17, 15) is 9.59 Å². The summed E-state index contributed by atoms with van der Waals surface area (Å²) < 4.78 is 1.85. The highest BCUT2D eigenvalue weighted by Crippen LogP contribution is 1.99. The molecular weight excluding hydrogens is 264 g/mol. The highest BCUT2D eigenvalue weighted by Gasteiger charge is 2.02. The van der Waals surface area contributed by atoms with Gasteiger partial charge in [0, 0.05) is 19.2 Å². The van der Waals surface area contributed by atoms with E-state index in [4.69, 9.17) is 5.84 Å². The largest absolute Gasteiger partial charge is 0.298 e. The standard InChI is InChI=1S/C8H11BrN4O2/c9-6-4-11-5-13(8(6)15)3-1-2-7(14)12-10/h4-5H,1-3,10H2,(H,12,14). The Hall–Kier alpha value is -1.21. The third-order valence-corrected chi connectivity index (χ3v) is 2.37. The summed E-state index contributed by atoms with van der Waals surface area (Å²) in [6, 6.07) is 0. The summed E-state index contributed by atoms with van der Waals surface area (Å²) in [5, 5.41) is 0. The average molecular weight is 275 g/mol. The van der Waals surface area contributed by atoms with Crippen LogP contribution in [-0.4, -0.2) is 15.5 Å². The van der Waals surface area contributed by atoms with Crippen LogP contribution in [0, 0.1) is 0 Å². The molecule has 1 aromatic rings. The molecule has 3 N–H and O–H groups in total. The molecule has 0 aliphatic rings. The Kier molecular flexibility index (Phi) is 4.44. The van der Waals surface area contributed by atoms with Crippen molar-refractivity contribution >= 4 is 21.8 Å². The zero-order chi connectivity index (χ0) is 11.3. The van der Waals surface area contributed by atoms with Crippen molar-refractivity contribution in [3.8, 4) is 0 Å². The number of nitrogens with one attached hydrogen (secondary N) is 1. The van der Waals surface area contributed by atoms with Crippen LogP contribution < -0.4 is 16.8 Å². The van der Waals surface area contributed by atoms with Gasteiger partial charge in [-0.2, -0.15) is 0 Å². The van der Waals surface area contributed by atoms with E-state index in [1.54, 1.807) is 0 Å². The maximum Gasteiger partial charge on any atom is 0.267 e. The van der Waals surface area contributed by atoms with E-state index < -0.39 is 0 Å². The number of nitrogens with zero attached hydrogens (tertiary/aromatic N) is 2. The van der Waals surface area contributed by atoms with Crippen molar-refractivity contribution < 1.29 is 4.79 Å². The molecule has 82 valence electrons. The number of rotatable bonds is 4. The van der Waals surface area contributed by atoms with Gasteiger partial charge in [-0.15, -0.1) is 0 Å². The number of carbonyl (C=O) groups is 1. The Morgan fingerprint density at radius 3 is 3.07 bits per heavy atom. The van der Waals surface area contributed by atoms with Crippen LogP contribution in [0.2, 0.25) is 0 Å². The second-order valence-electron chi connectivity index (χ2n) is 2.91. The Balaban J connectivity index is 2.55. The lowest BCUT2D eigenvalue weighted by molar-refractivity contribution is -0.121. The Labute approximate surface area is 94.6 Å². The molecular formula is C8H11BrN4O2. The van der Waals surface area contributed by atoms with Gasteiger partial charge in [0.25, 0.3) is 5.56 Å². The zero-order valence-electron chi connectivity index (χ0n) is 7.94. The van der Waals surface area contributed by atoms with Crippen LogP contribution in [0.25, 0.3) is 0 Å². The molecule has 1 rings (SSSR count). The van der Waals surface area contributed by atoms with Crippen LogP contribution in [0.4, 0.5) is 0 Å². The molecule has 0 atom stereocenters. The van der Waals surface area contributed by atoms with Crippen molar-refractivity contribution in [3.63, 3.8) is 0 Å². The number of hydrazine groups is 1. The van der Waals surface area contributed by atoms with E-state index in [0.717, 1.165) is 0 Å². The van der Waals surface area contributed by atoms with E-state index in [1.165, 1.54) is 17.1 Å². The predicted octanol–water partition coefficient (Wildman–Crippen LogP) is -0.224. The van der Waals surface area contributed by atoms with Crippen LogP contribution in [-0.2, 0) is 11.3 Å². The lowest BCUT2D eigenvalue weighted by Crippen LogP contribution is -2.30. The molecule has 15 heavy (non-hydrogen) atoms. The highest BCUT2D eigenvalue weighted by molar-refractivity contribution is 9.10. The van der Waals surface area contributed by atoms with Crippen LogP contribution in [0.3, 0.4) is 0 Å². The second-order valence-corrected chi connectivity index (χ2v) is 3.77. The first-order chi connectivity index (χ1) is 7.15. The quantitative estimate of drug-likeness (QED) is 0.451. The van der Waals surface area contributed by atoms with Gasteiger partial charge >= 0.3 is 0 Å². The molecule has 0 saturated carbocycles. The van der Waals surface area contributed by atoms with E-state index in [-0.39, 0.29) is 17.9 Å². The normalized spacial score (nSPS) is 10.0. The number of aryl methyl sites for hydroxylation is 1. The van der Waals surface area contributed by atoms with Crippen LogP contribution in [0.15, 0.2) is 21.8 Å². The monoisotopic (exact) mass is 274 g/mol. The van der Waals surface area contributed by atoms with E-state index in [1.807, 2.05) is 5.43 Å². The Morgan fingerprint density at radius 2 is 2.40 bits per heavy atom. The summed E-state index contributed by atoms with van der Waals surface area (Å²) in [6.07, 6.45) is 3.70. The summed E-state index contributed by atoms with van der Waals surface area (Å²) in [6.45, 7) is 0.443. The lowest BCUT2D eigenvalue weighted by atomic mass is 10.3. The van der Waals surface area contributed by atoms with Crippen molar-refractivity contribution in [1.29, 1.82) is 0 Å². The molecule has 0 bridgehead atoms. The van der Waals surface area contributed by atoms with Gasteiger partial charge in [-0.25, -0.2) is 10.8 Å². The van der Waals surface area contributed by atoms with Crippen molar-refractivity contribution in [2.75, 3.05) is 0 Å². The third kappa shape index (κ3) is 3.45. The van der Waals surface area contributed by atoms with Crippen LogP contribution >= 0.6 is 15.9 Å². The first-order valence-corrected chi connectivity index (χ1v) is 5.14. The van der Waals surface area contributed by atoms with Gasteiger partial charge in [0.15, 0.2) is 0 Å². The fourth-order valence-electron chi connectivity index (χ4n) is 1.07. The summed E-state index contributed by atoms with van der Waals surface area (Å²) >= 11 is 3.09. The number of amides is 1. The lowest BCUT2D eigenvalue weighted by Gasteiger charge is -2.04. The molecule has 0 saturated heterocycles. The third-order valence-electron chi connectivity index (χ3n) is 1.82. The number of hydrogen-bond donors (Lipinski definition) is 2. The molecule has 0 unspecified atom stereocenters. The molecule has 1 aromatic heterocycles. The van der Waals surface area contributed by atoms with Crippen molar-refractivity contribution in [1.82, 2.24) is 15.0 Å². The van der Waals surface area contributed by atoms with Gasteiger partial charge < -0.3 is 0 Å². The Morgan fingerprint density at radius 1 is 1.67 bits per heavy atom. The summed E-state index contributed by atoms with van der Waals surface area (Å²) in [4.78, 5) is 26.1.